The van der Waals surface area contributed by atoms with Crippen molar-refractivity contribution in [2.75, 3.05) is 13.1 Å². The maximum Gasteiger partial charge on any atom is 0.243 e. The lowest BCUT2D eigenvalue weighted by Crippen LogP contribution is -2.61. The number of nitrogens with zero attached hydrogens (tertiary/aromatic N) is 2. The topological polar surface area (TPSA) is 508 Å². The molecule has 0 saturated carbocycles. The summed E-state index contributed by atoms with van der Waals surface area (Å²) in [5.74, 6) is -10.5. The Balaban J connectivity index is 2.52. The standard InChI is InChI=1S/C48H75N17O11/c1-25(2)20-32(42(72)59-29(16-10-18-57-47(53)54)40(70)61-31(39(52)69)21-27-12-6-4-7-13-27)62-43(73)33(22-28-14-8-5-9-15-28)63-45(75)34(23-36(49)67)64-41(71)30(17-11-19-58-48(55)56)60-44(74)35(24-37(50)68)65-46(76)38(51)26(3)66/h4-9,12-15,25-26,29-35,38,66H,10-11,16-24,51H2,1-3H3,(H2,49,67)(H2,50,68)(H2,52,69)(H,59,72)(H,60,74)(H,61,70)(H,62,73)(H,63,75)(H,64,71)(H,65,76)(H4,53,54,57)(H4,55,56,58)/t26-,29-,30-,31-,32+,33-,34-,35-,38-/m0/s1. The number of aliphatic hydroxyl groups is 1. The number of hydrogen-bond donors (Lipinski definition) is 16. The first kappa shape index (κ1) is 63.7. The molecule has 28 heteroatoms. The van der Waals surface area contributed by atoms with Crippen LogP contribution in [0, 0.1) is 5.92 Å². The summed E-state index contributed by atoms with van der Waals surface area (Å²) in [5.41, 5.74) is 45.3. The van der Waals surface area contributed by atoms with Crippen LogP contribution in [-0.2, 0) is 60.8 Å². The van der Waals surface area contributed by atoms with E-state index < -0.39 is 126 Å². The number of aliphatic imine (C=N–C) groups is 2. The van der Waals surface area contributed by atoms with E-state index in [-0.39, 0.29) is 75.9 Å². The van der Waals surface area contributed by atoms with Gasteiger partial charge in [0.1, 0.15) is 48.3 Å². The van der Waals surface area contributed by atoms with E-state index in [1.807, 2.05) is 0 Å². The number of amides is 10. The van der Waals surface area contributed by atoms with Gasteiger partial charge >= 0.3 is 0 Å². The van der Waals surface area contributed by atoms with Gasteiger partial charge in [0.05, 0.1) is 18.9 Å². The Kier molecular flexibility index (Phi) is 27.4. The lowest BCUT2D eigenvalue weighted by atomic mass is 9.99. The SMILES string of the molecule is CC(C)C[C@@H](NC(=O)[C@H](Cc1ccccc1)NC(=O)[C@H](CC(N)=O)NC(=O)[C@H](CCCN=C(N)N)NC(=O)[C@H](CC(N)=O)NC(=O)[C@@H](N)[C@H](C)O)C(=O)N[C@@H](CCCN=C(N)N)C(=O)N[C@@H](Cc1ccccc1)C(N)=O. The molecule has 28 nitrogen and oxygen atoms in total. The second kappa shape index (κ2) is 32.7. The number of benzene rings is 2. The molecule has 418 valence electrons. The lowest BCUT2D eigenvalue weighted by molar-refractivity contribution is -0.137. The Morgan fingerprint density at radius 1 is 0.461 bits per heavy atom. The van der Waals surface area contributed by atoms with Gasteiger partial charge in [0.2, 0.25) is 59.1 Å². The van der Waals surface area contributed by atoms with Crippen molar-refractivity contribution in [3.8, 4) is 0 Å². The average molecular weight is 1070 g/mol. The molecular formula is C48H75N17O11. The normalized spacial score (nSPS) is 14.4. The lowest BCUT2D eigenvalue weighted by Gasteiger charge is -2.28. The van der Waals surface area contributed by atoms with Crippen LogP contribution in [0.4, 0.5) is 0 Å². The molecule has 9 atom stereocenters. The third-order valence-corrected chi connectivity index (χ3v) is 11.3. The zero-order valence-electron chi connectivity index (χ0n) is 42.9. The van der Waals surface area contributed by atoms with E-state index in [9.17, 15) is 53.1 Å². The summed E-state index contributed by atoms with van der Waals surface area (Å²) in [7, 11) is 0. The van der Waals surface area contributed by atoms with Crippen molar-refractivity contribution in [2.24, 2.45) is 61.8 Å². The van der Waals surface area contributed by atoms with Gasteiger partial charge in [0, 0.05) is 25.9 Å². The smallest absolute Gasteiger partial charge is 0.243 e. The molecule has 0 fully saturated rings. The minimum atomic E-state index is -1.81. The second-order valence-electron chi connectivity index (χ2n) is 18.3. The first-order chi connectivity index (χ1) is 35.8. The number of nitrogens with one attached hydrogen (secondary N) is 7. The molecular weight excluding hydrogens is 991 g/mol. The molecule has 10 amide bonds. The zero-order chi connectivity index (χ0) is 57.1. The van der Waals surface area contributed by atoms with Crippen LogP contribution in [0.3, 0.4) is 0 Å². The molecule has 0 spiro atoms. The summed E-state index contributed by atoms with van der Waals surface area (Å²) in [6.45, 7) is 4.77. The van der Waals surface area contributed by atoms with Crippen molar-refractivity contribution in [1.29, 1.82) is 0 Å². The maximum atomic E-state index is 14.4. The Morgan fingerprint density at radius 3 is 1.17 bits per heavy atom. The van der Waals surface area contributed by atoms with Gasteiger partial charge in [-0.05, 0) is 56.1 Å². The second-order valence-corrected chi connectivity index (χ2v) is 18.3. The fraction of sp³-hybridized carbons (Fsp3) is 0.500. The van der Waals surface area contributed by atoms with Gasteiger partial charge in [0.15, 0.2) is 11.9 Å². The highest BCUT2D eigenvalue weighted by molar-refractivity contribution is 5.99. The van der Waals surface area contributed by atoms with Crippen LogP contribution in [0.1, 0.15) is 76.8 Å². The molecule has 0 bridgehead atoms. The molecule has 0 heterocycles. The molecule has 0 saturated heterocycles. The Labute approximate surface area is 439 Å². The van der Waals surface area contributed by atoms with Crippen LogP contribution >= 0.6 is 0 Å². The number of hydrogen-bond acceptors (Lipinski definition) is 14. The highest BCUT2D eigenvalue weighted by Crippen LogP contribution is 2.12. The summed E-state index contributed by atoms with van der Waals surface area (Å²) < 4.78 is 0. The molecule has 0 radical (unpaired) electrons. The monoisotopic (exact) mass is 1070 g/mol. The van der Waals surface area contributed by atoms with E-state index in [0.717, 1.165) is 0 Å². The summed E-state index contributed by atoms with van der Waals surface area (Å²) in [6.07, 6.45) is -3.18. The van der Waals surface area contributed by atoms with Crippen molar-refractivity contribution in [3.63, 3.8) is 0 Å². The third kappa shape index (κ3) is 24.5. The quantitative estimate of drug-likeness (QED) is 0.0176. The third-order valence-electron chi connectivity index (χ3n) is 11.3. The molecule has 0 aliphatic carbocycles. The molecule has 24 N–H and O–H groups in total. The highest BCUT2D eigenvalue weighted by atomic mass is 16.3. The van der Waals surface area contributed by atoms with Crippen molar-refractivity contribution in [3.05, 3.63) is 71.8 Å². The van der Waals surface area contributed by atoms with Gasteiger partial charge in [-0.15, -0.1) is 0 Å². The minimum Gasteiger partial charge on any atom is -0.391 e. The predicted molar refractivity (Wildman–Crippen MR) is 280 cm³/mol. The maximum absolute atomic E-state index is 14.4. The first-order valence-corrected chi connectivity index (χ1v) is 24.4. The molecule has 2 rings (SSSR count). The number of nitrogens with two attached hydrogens (primary N) is 8. The van der Waals surface area contributed by atoms with Gasteiger partial charge in [-0.1, -0.05) is 74.5 Å². The number of guanidine groups is 2. The zero-order valence-corrected chi connectivity index (χ0v) is 42.9. The number of primary amides is 3. The van der Waals surface area contributed by atoms with E-state index in [1.54, 1.807) is 74.5 Å². The number of rotatable bonds is 34. The largest absolute Gasteiger partial charge is 0.391 e. The van der Waals surface area contributed by atoms with E-state index in [4.69, 9.17) is 45.9 Å². The van der Waals surface area contributed by atoms with E-state index in [2.05, 4.69) is 47.2 Å². The average Bonchev–Trinajstić information content (AvgIpc) is 3.34. The molecule has 2 aromatic carbocycles. The van der Waals surface area contributed by atoms with E-state index >= 15 is 0 Å². The van der Waals surface area contributed by atoms with Gasteiger partial charge in [-0.25, -0.2) is 0 Å². The highest BCUT2D eigenvalue weighted by Gasteiger charge is 2.36. The Hall–Kier alpha value is -8.40. The number of carbonyl (C=O) groups is 10. The fourth-order valence-corrected chi connectivity index (χ4v) is 7.32. The summed E-state index contributed by atoms with van der Waals surface area (Å²) in [5, 5.41) is 27.3. The van der Waals surface area contributed by atoms with Crippen LogP contribution in [0.5, 0.6) is 0 Å². The van der Waals surface area contributed by atoms with Crippen LogP contribution < -0.4 is 83.1 Å². The molecule has 2 aromatic rings. The Morgan fingerprint density at radius 2 is 0.789 bits per heavy atom. The van der Waals surface area contributed by atoms with Crippen LogP contribution in [0.25, 0.3) is 0 Å². The van der Waals surface area contributed by atoms with E-state index in [0.29, 0.717) is 11.1 Å². The Bertz CT molecular complexity index is 2350. The molecule has 0 aliphatic rings. The number of carbonyl (C=O) groups excluding carboxylic acids is 10. The fourth-order valence-electron chi connectivity index (χ4n) is 7.32. The van der Waals surface area contributed by atoms with Gasteiger partial charge in [-0.3, -0.25) is 57.9 Å². The van der Waals surface area contributed by atoms with Crippen molar-refractivity contribution < 1.29 is 53.1 Å². The van der Waals surface area contributed by atoms with Crippen LogP contribution in [-0.4, -0.2) is 144 Å². The molecule has 0 aromatic heterocycles. The van der Waals surface area contributed by atoms with Crippen LogP contribution in [0.15, 0.2) is 70.6 Å². The summed E-state index contributed by atoms with van der Waals surface area (Å²) in [4.78, 5) is 142. The van der Waals surface area contributed by atoms with Crippen molar-refractivity contribution in [2.45, 2.75) is 133 Å². The molecule has 76 heavy (non-hydrogen) atoms. The minimum absolute atomic E-state index is 0.0117. The summed E-state index contributed by atoms with van der Waals surface area (Å²) in [6, 6.07) is 5.14. The summed E-state index contributed by atoms with van der Waals surface area (Å²) >= 11 is 0. The van der Waals surface area contributed by atoms with Gasteiger partial charge < -0.3 is 88.2 Å². The van der Waals surface area contributed by atoms with Crippen molar-refractivity contribution >= 4 is 71.0 Å². The van der Waals surface area contributed by atoms with Gasteiger partial charge in [-0.2, -0.15) is 0 Å². The van der Waals surface area contributed by atoms with Crippen molar-refractivity contribution in [1.82, 2.24) is 37.2 Å². The van der Waals surface area contributed by atoms with E-state index in [1.165, 1.54) is 6.92 Å². The molecule has 0 unspecified atom stereocenters. The van der Waals surface area contributed by atoms with Crippen LogP contribution in [0.2, 0.25) is 0 Å². The predicted octanol–water partition coefficient (Wildman–Crippen LogP) is -6.04. The first-order valence-electron chi connectivity index (χ1n) is 24.4. The number of aliphatic hydroxyl groups excluding tert-OH is 1. The molecule has 0 aliphatic heterocycles. The van der Waals surface area contributed by atoms with Gasteiger partial charge in [0.25, 0.3) is 0 Å².